The normalized spacial score (nSPS) is 20.7. The molecule has 4 rings (SSSR count). The number of nitrogens with one attached hydrogen (secondary N) is 1. The number of halogens is 1. The lowest BCUT2D eigenvalue weighted by Gasteiger charge is -2.20. The number of hydrogen-bond acceptors (Lipinski definition) is 4. The molecule has 0 fully saturated rings. The molecule has 3 heterocycles. The topological polar surface area (TPSA) is 42.2 Å². The SMILES string of the molecule is CC1(Cl)C=CC(Nc2nc(-c3cnc4ccccn34)cs2)=CC1. The highest BCUT2D eigenvalue weighted by Crippen LogP contribution is 2.30. The van der Waals surface area contributed by atoms with Crippen molar-refractivity contribution in [2.24, 2.45) is 0 Å². The molecule has 0 spiro atoms. The van der Waals surface area contributed by atoms with Crippen molar-refractivity contribution in [3.05, 3.63) is 59.9 Å². The van der Waals surface area contributed by atoms with Gasteiger partial charge in [0.05, 0.1) is 16.8 Å². The maximum Gasteiger partial charge on any atom is 0.187 e. The number of rotatable bonds is 3. The van der Waals surface area contributed by atoms with Gasteiger partial charge in [-0.1, -0.05) is 18.2 Å². The Kier molecular flexibility index (Phi) is 3.47. The summed E-state index contributed by atoms with van der Waals surface area (Å²) in [5.74, 6) is 0. The van der Waals surface area contributed by atoms with Gasteiger partial charge in [-0.05, 0) is 31.6 Å². The van der Waals surface area contributed by atoms with Crippen molar-refractivity contribution < 1.29 is 0 Å². The Hall–Kier alpha value is -2.11. The highest BCUT2D eigenvalue weighted by Gasteiger charge is 2.19. The van der Waals surface area contributed by atoms with E-state index in [-0.39, 0.29) is 4.87 Å². The van der Waals surface area contributed by atoms with Crippen LogP contribution in [0.1, 0.15) is 13.3 Å². The Labute approximate surface area is 143 Å². The smallest absolute Gasteiger partial charge is 0.187 e. The summed E-state index contributed by atoms with van der Waals surface area (Å²) in [6.07, 6.45) is 10.8. The van der Waals surface area contributed by atoms with Gasteiger partial charge in [0.1, 0.15) is 11.3 Å². The number of nitrogens with zero attached hydrogens (tertiary/aromatic N) is 3. The first kappa shape index (κ1) is 14.5. The molecule has 0 amide bonds. The second-order valence-electron chi connectivity index (χ2n) is 5.71. The second-order valence-corrected chi connectivity index (χ2v) is 7.43. The molecule has 0 bridgehead atoms. The first-order valence-corrected chi connectivity index (χ1v) is 8.60. The number of pyridine rings is 1. The monoisotopic (exact) mass is 342 g/mol. The van der Waals surface area contributed by atoms with E-state index in [0.29, 0.717) is 0 Å². The van der Waals surface area contributed by atoms with Crippen LogP contribution < -0.4 is 5.32 Å². The molecule has 0 saturated heterocycles. The summed E-state index contributed by atoms with van der Waals surface area (Å²) < 4.78 is 2.04. The summed E-state index contributed by atoms with van der Waals surface area (Å²) in [5.41, 5.74) is 3.86. The number of hydrogen-bond donors (Lipinski definition) is 1. The molecule has 4 nitrogen and oxygen atoms in total. The van der Waals surface area contributed by atoms with Crippen LogP contribution in [-0.2, 0) is 0 Å². The second kappa shape index (κ2) is 5.51. The van der Waals surface area contributed by atoms with Crippen molar-refractivity contribution in [2.45, 2.75) is 18.2 Å². The Morgan fingerprint density at radius 1 is 1.39 bits per heavy atom. The van der Waals surface area contributed by atoms with Crippen LogP contribution in [0.2, 0.25) is 0 Å². The van der Waals surface area contributed by atoms with Crippen LogP contribution >= 0.6 is 22.9 Å². The minimum absolute atomic E-state index is 0.282. The van der Waals surface area contributed by atoms with E-state index in [1.807, 2.05) is 59.4 Å². The summed E-state index contributed by atoms with van der Waals surface area (Å²) in [6, 6.07) is 5.95. The number of fused-ring (bicyclic) bond motifs is 1. The lowest BCUT2D eigenvalue weighted by atomic mass is 10.0. The van der Waals surface area contributed by atoms with Gasteiger partial charge in [0.2, 0.25) is 0 Å². The fourth-order valence-electron chi connectivity index (χ4n) is 2.50. The van der Waals surface area contributed by atoms with Gasteiger partial charge in [0, 0.05) is 17.3 Å². The molecule has 0 aromatic carbocycles. The number of alkyl halides is 1. The van der Waals surface area contributed by atoms with Crippen molar-refractivity contribution in [1.29, 1.82) is 0 Å². The molecule has 1 unspecified atom stereocenters. The summed E-state index contributed by atoms with van der Waals surface area (Å²) >= 11 is 7.86. The molecule has 0 radical (unpaired) electrons. The van der Waals surface area contributed by atoms with Gasteiger partial charge in [-0.25, -0.2) is 9.97 Å². The highest BCUT2D eigenvalue weighted by atomic mass is 35.5. The van der Waals surface area contributed by atoms with E-state index < -0.39 is 0 Å². The molecule has 6 heteroatoms. The average molecular weight is 343 g/mol. The van der Waals surface area contributed by atoms with Gasteiger partial charge < -0.3 is 5.32 Å². The van der Waals surface area contributed by atoms with E-state index in [1.165, 1.54) is 0 Å². The first-order valence-electron chi connectivity index (χ1n) is 7.34. The number of allylic oxidation sites excluding steroid dienone is 3. The van der Waals surface area contributed by atoms with E-state index in [9.17, 15) is 0 Å². The van der Waals surface area contributed by atoms with Crippen LogP contribution in [0.4, 0.5) is 5.13 Å². The molecule has 1 N–H and O–H groups in total. The number of thiazole rings is 1. The van der Waals surface area contributed by atoms with Crippen molar-refractivity contribution in [3.8, 4) is 11.4 Å². The minimum atomic E-state index is -0.282. The van der Waals surface area contributed by atoms with E-state index in [1.54, 1.807) is 11.3 Å². The van der Waals surface area contributed by atoms with Crippen molar-refractivity contribution in [3.63, 3.8) is 0 Å². The third-order valence-electron chi connectivity index (χ3n) is 3.77. The third kappa shape index (κ3) is 2.90. The van der Waals surface area contributed by atoms with E-state index in [4.69, 9.17) is 11.6 Å². The van der Waals surface area contributed by atoms with Crippen molar-refractivity contribution in [2.75, 3.05) is 5.32 Å². The van der Waals surface area contributed by atoms with Gasteiger partial charge in [-0.2, -0.15) is 0 Å². The summed E-state index contributed by atoms with van der Waals surface area (Å²) in [6.45, 7) is 2.00. The zero-order valence-electron chi connectivity index (χ0n) is 12.5. The zero-order valence-corrected chi connectivity index (χ0v) is 14.1. The number of aromatic nitrogens is 3. The third-order valence-corrected chi connectivity index (χ3v) is 4.80. The van der Waals surface area contributed by atoms with Crippen molar-refractivity contribution >= 4 is 33.7 Å². The van der Waals surface area contributed by atoms with Gasteiger partial charge in [0.15, 0.2) is 5.13 Å². The molecule has 3 aromatic rings. The molecule has 0 saturated carbocycles. The van der Waals surface area contributed by atoms with Gasteiger partial charge in [-0.3, -0.25) is 4.40 Å². The Morgan fingerprint density at radius 2 is 2.30 bits per heavy atom. The summed E-state index contributed by atoms with van der Waals surface area (Å²) in [5, 5.41) is 6.24. The van der Waals surface area contributed by atoms with Crippen LogP contribution in [0.3, 0.4) is 0 Å². The van der Waals surface area contributed by atoms with Crippen LogP contribution in [0.25, 0.3) is 17.0 Å². The lowest BCUT2D eigenvalue weighted by molar-refractivity contribution is 0.777. The predicted octanol–water partition coefficient (Wildman–Crippen LogP) is 4.71. The predicted molar refractivity (Wildman–Crippen MR) is 96.0 cm³/mol. The van der Waals surface area contributed by atoms with Crippen molar-refractivity contribution in [1.82, 2.24) is 14.4 Å². The molecule has 116 valence electrons. The van der Waals surface area contributed by atoms with E-state index in [2.05, 4.69) is 21.4 Å². The molecule has 1 aliphatic carbocycles. The Bertz CT molecular complexity index is 919. The van der Waals surface area contributed by atoms with Gasteiger partial charge in [-0.15, -0.1) is 22.9 Å². The lowest BCUT2D eigenvalue weighted by Crippen LogP contribution is -2.15. The first-order chi connectivity index (χ1) is 11.1. The fraction of sp³-hybridized carbons (Fsp3) is 0.176. The molecule has 23 heavy (non-hydrogen) atoms. The fourth-order valence-corrected chi connectivity index (χ4v) is 3.36. The van der Waals surface area contributed by atoms with Gasteiger partial charge in [0.25, 0.3) is 0 Å². The van der Waals surface area contributed by atoms with Crippen LogP contribution in [0.5, 0.6) is 0 Å². The summed E-state index contributed by atoms with van der Waals surface area (Å²) in [4.78, 5) is 8.80. The maximum atomic E-state index is 6.29. The van der Waals surface area contributed by atoms with Crippen LogP contribution in [0, 0.1) is 0 Å². The molecule has 1 atom stereocenters. The van der Waals surface area contributed by atoms with Crippen LogP contribution in [-0.4, -0.2) is 19.2 Å². The molecular weight excluding hydrogens is 328 g/mol. The largest absolute Gasteiger partial charge is 0.332 e. The number of imidazole rings is 1. The Morgan fingerprint density at radius 3 is 3.13 bits per heavy atom. The number of anilines is 1. The average Bonchev–Trinajstić information content (AvgIpc) is 3.16. The summed E-state index contributed by atoms with van der Waals surface area (Å²) in [7, 11) is 0. The van der Waals surface area contributed by atoms with Gasteiger partial charge >= 0.3 is 0 Å². The zero-order chi connectivity index (χ0) is 15.9. The quantitative estimate of drug-likeness (QED) is 0.701. The van der Waals surface area contributed by atoms with E-state index >= 15 is 0 Å². The van der Waals surface area contributed by atoms with Crippen LogP contribution in [0.15, 0.2) is 59.9 Å². The standard InChI is InChI=1S/C17H15ClN4S/c1-17(18)7-5-12(6-8-17)20-16-21-13(11-23-16)14-10-19-15-4-2-3-9-22(14)15/h2-7,9-11H,8H2,1H3,(H,20,21). The highest BCUT2D eigenvalue weighted by molar-refractivity contribution is 7.14. The molecule has 3 aromatic heterocycles. The molecule has 0 aliphatic heterocycles. The minimum Gasteiger partial charge on any atom is -0.332 e. The molecular formula is C17H15ClN4S. The Balaban J connectivity index is 1.58. The maximum absolute atomic E-state index is 6.29. The van der Waals surface area contributed by atoms with E-state index in [0.717, 1.165) is 34.3 Å². The molecule has 1 aliphatic rings.